The SMILES string of the molecule is Cl.Nc1nc(N2CCC[C@@H](CN3CCN(c4ccc(C(=O)O)c([N+](=O)[O-])c4)CC3)C2)nc2nc(-c3ccco3)nn12. The van der Waals surface area contributed by atoms with Crippen LogP contribution in [0.1, 0.15) is 23.2 Å². The molecule has 1 atom stereocenters. The van der Waals surface area contributed by atoms with Crippen LogP contribution in [0.2, 0.25) is 0 Å². The Morgan fingerprint density at radius 1 is 1.12 bits per heavy atom. The van der Waals surface area contributed by atoms with Crippen LogP contribution in [0.5, 0.6) is 0 Å². The standard InChI is InChI=1S/C25H28N10O5.ClH/c26-23-28-24(29-25-27-21(30-34(23)25)20-4-2-12-40-20)33-7-1-3-16(15-33)14-31-8-10-32(11-9-31)17-5-6-18(22(36)37)19(13-17)35(38)39;/h2,4-6,12-13,16H,1,3,7-11,14-15H2,(H,36,37)(H2,26,27,28,29,30);1H/t16-;/m0./s1. The molecule has 0 spiro atoms. The second-order valence-electron chi connectivity index (χ2n) is 10.0. The molecule has 0 unspecified atom stereocenters. The minimum absolute atomic E-state index is 0. The van der Waals surface area contributed by atoms with Gasteiger partial charge >= 0.3 is 5.97 Å². The molecular weight excluding hydrogens is 556 g/mol. The first-order valence-electron chi connectivity index (χ1n) is 13.0. The highest BCUT2D eigenvalue weighted by atomic mass is 35.5. The van der Waals surface area contributed by atoms with Gasteiger partial charge in [0.25, 0.3) is 11.5 Å². The number of anilines is 3. The van der Waals surface area contributed by atoms with E-state index in [2.05, 4.69) is 34.8 Å². The Morgan fingerprint density at radius 3 is 2.63 bits per heavy atom. The van der Waals surface area contributed by atoms with Crippen LogP contribution in [0.15, 0.2) is 41.0 Å². The van der Waals surface area contributed by atoms with E-state index < -0.39 is 10.9 Å². The zero-order chi connectivity index (χ0) is 27.8. The van der Waals surface area contributed by atoms with Gasteiger partial charge in [-0.3, -0.25) is 15.0 Å². The predicted octanol–water partition coefficient (Wildman–Crippen LogP) is 2.43. The monoisotopic (exact) mass is 584 g/mol. The van der Waals surface area contributed by atoms with Crippen LogP contribution in [0.25, 0.3) is 17.4 Å². The summed E-state index contributed by atoms with van der Waals surface area (Å²) in [5.74, 6) is 1.13. The average Bonchev–Trinajstić information content (AvgIpc) is 3.64. The van der Waals surface area contributed by atoms with Gasteiger partial charge in [-0.15, -0.1) is 17.5 Å². The third-order valence-corrected chi connectivity index (χ3v) is 7.43. The molecule has 2 saturated heterocycles. The number of nitro groups is 1. The fourth-order valence-corrected chi connectivity index (χ4v) is 5.44. The molecule has 0 bridgehead atoms. The maximum Gasteiger partial charge on any atom is 0.342 e. The maximum atomic E-state index is 11.4. The lowest BCUT2D eigenvalue weighted by molar-refractivity contribution is -0.385. The van der Waals surface area contributed by atoms with Crippen LogP contribution in [0.3, 0.4) is 0 Å². The Hall–Kier alpha value is -4.50. The Bertz CT molecular complexity index is 1550. The minimum atomic E-state index is -1.31. The molecule has 0 amide bonds. The molecule has 2 aliphatic rings. The molecule has 216 valence electrons. The molecule has 4 aromatic rings. The summed E-state index contributed by atoms with van der Waals surface area (Å²) in [6.07, 6.45) is 3.65. The first-order valence-corrected chi connectivity index (χ1v) is 13.0. The van der Waals surface area contributed by atoms with Gasteiger partial charge < -0.3 is 25.1 Å². The molecular formula is C25H29ClN10O5. The van der Waals surface area contributed by atoms with Crippen molar-refractivity contribution < 1.29 is 19.2 Å². The topological polar surface area (TPSA) is 185 Å². The number of aromatic nitrogens is 5. The second kappa shape index (κ2) is 11.5. The summed E-state index contributed by atoms with van der Waals surface area (Å²) in [5.41, 5.74) is 6.16. The lowest BCUT2D eigenvalue weighted by Gasteiger charge is -2.40. The zero-order valence-corrected chi connectivity index (χ0v) is 22.8. The van der Waals surface area contributed by atoms with Crippen molar-refractivity contribution >= 4 is 47.4 Å². The quantitative estimate of drug-likeness (QED) is 0.238. The molecule has 0 radical (unpaired) electrons. The summed E-state index contributed by atoms with van der Waals surface area (Å²) < 4.78 is 6.80. The third-order valence-electron chi connectivity index (χ3n) is 7.43. The van der Waals surface area contributed by atoms with E-state index in [1.807, 2.05) is 0 Å². The van der Waals surface area contributed by atoms with Crippen molar-refractivity contribution in [3.05, 3.63) is 52.3 Å². The molecule has 5 heterocycles. The van der Waals surface area contributed by atoms with Crippen molar-refractivity contribution in [1.82, 2.24) is 29.5 Å². The molecule has 2 fully saturated rings. The van der Waals surface area contributed by atoms with Crippen molar-refractivity contribution in [1.29, 1.82) is 0 Å². The number of piperazine rings is 1. The Labute approximate surface area is 240 Å². The highest BCUT2D eigenvalue weighted by Crippen LogP contribution is 2.28. The number of nitrogens with zero attached hydrogens (tertiary/aromatic N) is 9. The normalized spacial score (nSPS) is 17.9. The molecule has 1 aromatic carbocycles. The van der Waals surface area contributed by atoms with Crippen molar-refractivity contribution in [2.24, 2.45) is 5.92 Å². The van der Waals surface area contributed by atoms with Gasteiger partial charge in [-0.2, -0.15) is 19.5 Å². The minimum Gasteiger partial charge on any atom is -0.477 e. The number of aromatic carboxylic acids is 1. The number of nitrogens with two attached hydrogens (primary N) is 1. The molecule has 3 aromatic heterocycles. The van der Waals surface area contributed by atoms with Crippen molar-refractivity contribution in [2.45, 2.75) is 12.8 Å². The van der Waals surface area contributed by atoms with E-state index in [0.717, 1.165) is 45.6 Å². The van der Waals surface area contributed by atoms with E-state index in [0.29, 0.717) is 48.0 Å². The number of piperidine rings is 1. The second-order valence-corrected chi connectivity index (χ2v) is 10.0. The number of halogens is 1. The van der Waals surface area contributed by atoms with E-state index in [-0.39, 0.29) is 29.6 Å². The first-order chi connectivity index (χ1) is 19.4. The predicted molar refractivity (Wildman–Crippen MR) is 152 cm³/mol. The number of carboxylic acids is 1. The van der Waals surface area contributed by atoms with E-state index in [1.165, 1.54) is 16.6 Å². The number of nitro benzene ring substituents is 1. The number of carbonyl (C=O) groups is 1. The van der Waals surface area contributed by atoms with Crippen LogP contribution < -0.4 is 15.5 Å². The summed E-state index contributed by atoms with van der Waals surface area (Å²) in [6, 6.07) is 7.84. The highest BCUT2D eigenvalue weighted by Gasteiger charge is 2.28. The fraction of sp³-hybridized carbons (Fsp3) is 0.400. The van der Waals surface area contributed by atoms with E-state index in [9.17, 15) is 20.0 Å². The van der Waals surface area contributed by atoms with E-state index in [1.54, 1.807) is 24.5 Å². The molecule has 6 rings (SSSR count). The number of furan rings is 1. The average molecular weight is 585 g/mol. The summed E-state index contributed by atoms with van der Waals surface area (Å²) in [4.78, 5) is 42.3. The lowest BCUT2D eigenvalue weighted by Crippen LogP contribution is -2.49. The number of hydrogen-bond acceptors (Lipinski definition) is 12. The molecule has 2 aliphatic heterocycles. The Morgan fingerprint density at radius 2 is 1.93 bits per heavy atom. The van der Waals surface area contributed by atoms with Crippen LogP contribution in [-0.4, -0.2) is 91.3 Å². The molecule has 16 heteroatoms. The molecule has 15 nitrogen and oxygen atoms in total. The van der Waals surface area contributed by atoms with Gasteiger partial charge in [0.2, 0.25) is 17.7 Å². The molecule has 0 aliphatic carbocycles. The van der Waals surface area contributed by atoms with Gasteiger partial charge in [0.05, 0.1) is 11.2 Å². The first kappa shape index (κ1) is 28.0. The molecule has 41 heavy (non-hydrogen) atoms. The summed E-state index contributed by atoms with van der Waals surface area (Å²) in [6.45, 7) is 5.52. The van der Waals surface area contributed by atoms with Crippen molar-refractivity contribution in [3.63, 3.8) is 0 Å². The summed E-state index contributed by atoms with van der Waals surface area (Å²) in [7, 11) is 0. The number of nitrogen functional groups attached to an aromatic ring is 1. The number of rotatable bonds is 7. The number of hydrogen-bond donors (Lipinski definition) is 2. The Kier molecular flexibility index (Phi) is 7.90. The van der Waals surface area contributed by atoms with Crippen molar-refractivity contribution in [2.75, 3.05) is 61.3 Å². The Balaban J connectivity index is 0.00000337. The highest BCUT2D eigenvalue weighted by molar-refractivity contribution is 5.93. The lowest BCUT2D eigenvalue weighted by atomic mass is 9.97. The van der Waals surface area contributed by atoms with E-state index in [4.69, 9.17) is 10.2 Å². The largest absolute Gasteiger partial charge is 0.477 e. The number of benzene rings is 1. The van der Waals surface area contributed by atoms with Gasteiger partial charge in [0.1, 0.15) is 5.56 Å². The van der Waals surface area contributed by atoms with E-state index >= 15 is 0 Å². The summed E-state index contributed by atoms with van der Waals surface area (Å²) in [5, 5.41) is 25.0. The molecule has 3 N–H and O–H groups in total. The van der Waals surface area contributed by atoms with Crippen LogP contribution in [-0.2, 0) is 0 Å². The van der Waals surface area contributed by atoms with Gasteiger partial charge in [0, 0.05) is 57.6 Å². The molecule has 0 saturated carbocycles. The van der Waals surface area contributed by atoms with Crippen LogP contribution in [0.4, 0.5) is 23.3 Å². The third kappa shape index (κ3) is 5.71. The maximum absolute atomic E-state index is 11.4. The van der Waals surface area contributed by atoms with Crippen LogP contribution in [0, 0.1) is 16.0 Å². The van der Waals surface area contributed by atoms with Gasteiger partial charge in [-0.1, -0.05) is 0 Å². The summed E-state index contributed by atoms with van der Waals surface area (Å²) >= 11 is 0. The zero-order valence-electron chi connectivity index (χ0n) is 22.0. The van der Waals surface area contributed by atoms with Gasteiger partial charge in [-0.25, -0.2) is 4.79 Å². The smallest absolute Gasteiger partial charge is 0.342 e. The number of fused-ring (bicyclic) bond motifs is 1. The number of carboxylic acid groups (broad SMARTS) is 1. The van der Waals surface area contributed by atoms with Gasteiger partial charge in [-0.05, 0) is 43.0 Å². The fourth-order valence-electron chi connectivity index (χ4n) is 5.44. The van der Waals surface area contributed by atoms with Crippen molar-refractivity contribution in [3.8, 4) is 11.6 Å². The van der Waals surface area contributed by atoms with Gasteiger partial charge in [0.15, 0.2) is 5.76 Å². The van der Waals surface area contributed by atoms with Crippen LogP contribution >= 0.6 is 12.4 Å².